The lowest BCUT2D eigenvalue weighted by Crippen LogP contribution is -2.51. The largest absolute Gasteiger partial charge is 0.508 e. The van der Waals surface area contributed by atoms with Gasteiger partial charge in [-0.25, -0.2) is 9.18 Å². The number of rotatable bonds is 10. The predicted molar refractivity (Wildman–Crippen MR) is 184 cm³/mol. The van der Waals surface area contributed by atoms with Crippen LogP contribution in [0.15, 0.2) is 72.9 Å². The van der Waals surface area contributed by atoms with E-state index in [0.717, 1.165) is 47.0 Å². The second-order valence-electron chi connectivity index (χ2n) is 14.1. The van der Waals surface area contributed by atoms with Crippen LogP contribution in [0.3, 0.4) is 0 Å². The number of halogens is 1. The van der Waals surface area contributed by atoms with Gasteiger partial charge in [0.15, 0.2) is 0 Å². The van der Waals surface area contributed by atoms with Crippen LogP contribution in [-0.2, 0) is 27.4 Å². The summed E-state index contributed by atoms with van der Waals surface area (Å²) >= 11 is 0. The Hall–Kier alpha value is -4.37. The molecule has 1 N–H and O–H groups in total. The highest BCUT2D eigenvalue weighted by molar-refractivity contribution is 5.86. The Morgan fingerprint density at radius 2 is 1.77 bits per heavy atom. The first-order valence-electron chi connectivity index (χ1n) is 17.0. The third kappa shape index (κ3) is 7.51. The summed E-state index contributed by atoms with van der Waals surface area (Å²) in [6.45, 7) is 7.63. The second kappa shape index (κ2) is 14.0. The normalized spacial score (nSPS) is 18.2. The predicted octanol–water partition coefficient (Wildman–Crippen LogP) is 7.72. The first-order chi connectivity index (χ1) is 23.0. The van der Waals surface area contributed by atoms with E-state index in [1.807, 2.05) is 78.9 Å². The van der Waals surface area contributed by atoms with Gasteiger partial charge in [0.1, 0.15) is 17.2 Å². The van der Waals surface area contributed by atoms with E-state index >= 15 is 4.39 Å². The number of aryl methyl sites for hydroxylation is 1. The van der Waals surface area contributed by atoms with Crippen LogP contribution in [0.2, 0.25) is 0 Å². The van der Waals surface area contributed by atoms with Crippen molar-refractivity contribution in [1.29, 1.82) is 0 Å². The highest BCUT2D eigenvalue weighted by atomic mass is 19.1. The van der Waals surface area contributed by atoms with Gasteiger partial charge in [-0.3, -0.25) is 4.79 Å². The number of benzene rings is 3. The van der Waals surface area contributed by atoms with Gasteiger partial charge >= 0.3 is 6.09 Å². The molecule has 0 bridgehead atoms. The molecule has 1 saturated heterocycles. The fourth-order valence-corrected chi connectivity index (χ4v) is 6.99. The fraction of sp³-hybridized carbons (Fsp3) is 0.436. The Bertz CT molecular complexity index is 1760. The standard InChI is InChI=1S/C39H46FN3O5/c1-39(2,3)48-38(46)42-18-16-32(28-20-27(21-31(44)22-28)26-10-6-5-7-11-26)33(25-42)37(45)43(30-14-15-30)24-29-23-41(17-9-19-47-4)35-13-8-12-34(40)36(29)35/h5-8,10-13,20-23,30,32-33,44H,9,14-19,24-25H2,1-4H3/t32-,33+/m1/s1. The van der Waals surface area contributed by atoms with E-state index < -0.39 is 17.6 Å². The number of ether oxygens (including phenoxy) is 2. The van der Waals surface area contributed by atoms with Crippen molar-refractivity contribution >= 4 is 22.9 Å². The average molecular weight is 656 g/mol. The lowest BCUT2D eigenvalue weighted by molar-refractivity contribution is -0.139. The minimum atomic E-state index is -0.676. The van der Waals surface area contributed by atoms with E-state index in [1.54, 1.807) is 30.2 Å². The van der Waals surface area contributed by atoms with E-state index in [9.17, 15) is 14.7 Å². The number of likely N-dealkylation sites (tertiary alicyclic amines) is 1. The molecule has 1 saturated carbocycles. The van der Waals surface area contributed by atoms with Gasteiger partial charge in [0.25, 0.3) is 0 Å². The molecule has 254 valence electrons. The fourth-order valence-electron chi connectivity index (χ4n) is 6.99. The number of carbonyl (C=O) groups is 2. The van der Waals surface area contributed by atoms with Crippen molar-refractivity contribution in [3.05, 3.63) is 89.9 Å². The van der Waals surface area contributed by atoms with Gasteiger partial charge in [0.2, 0.25) is 5.91 Å². The topological polar surface area (TPSA) is 84.2 Å². The molecule has 0 spiro atoms. The molecular weight excluding hydrogens is 609 g/mol. The van der Waals surface area contributed by atoms with Gasteiger partial charge in [-0.1, -0.05) is 42.5 Å². The first kappa shape index (κ1) is 33.5. The number of nitrogens with zero attached hydrogens (tertiary/aromatic N) is 3. The van der Waals surface area contributed by atoms with Gasteiger partial charge in [0.05, 0.1) is 11.4 Å². The summed E-state index contributed by atoms with van der Waals surface area (Å²) in [6, 6.07) is 20.5. The minimum Gasteiger partial charge on any atom is -0.508 e. The summed E-state index contributed by atoms with van der Waals surface area (Å²) in [5.74, 6) is -1.09. The van der Waals surface area contributed by atoms with Gasteiger partial charge < -0.3 is 28.9 Å². The summed E-state index contributed by atoms with van der Waals surface area (Å²) in [5.41, 5.74) is 3.57. The number of phenols is 1. The smallest absolute Gasteiger partial charge is 0.410 e. The monoisotopic (exact) mass is 655 g/mol. The van der Waals surface area contributed by atoms with E-state index in [4.69, 9.17) is 9.47 Å². The quantitative estimate of drug-likeness (QED) is 0.177. The van der Waals surface area contributed by atoms with Crippen LogP contribution >= 0.6 is 0 Å². The molecule has 0 unspecified atom stereocenters. The number of hydrogen-bond acceptors (Lipinski definition) is 5. The number of carbonyl (C=O) groups excluding carboxylic acids is 2. The molecule has 8 nitrogen and oxygen atoms in total. The van der Waals surface area contributed by atoms with Crippen molar-refractivity contribution in [2.45, 2.75) is 77.1 Å². The molecule has 0 radical (unpaired) electrons. The van der Waals surface area contributed by atoms with E-state index in [0.29, 0.717) is 31.5 Å². The zero-order valence-electron chi connectivity index (χ0n) is 28.3. The van der Waals surface area contributed by atoms with Crippen LogP contribution in [0.4, 0.5) is 9.18 Å². The van der Waals surface area contributed by atoms with Gasteiger partial charge in [-0.2, -0.15) is 0 Å². The van der Waals surface area contributed by atoms with E-state index in [-0.39, 0.29) is 42.5 Å². The molecule has 2 atom stereocenters. The third-order valence-corrected chi connectivity index (χ3v) is 9.35. The maximum atomic E-state index is 15.4. The summed E-state index contributed by atoms with van der Waals surface area (Å²) in [5, 5.41) is 11.4. The molecule has 2 aliphatic rings. The summed E-state index contributed by atoms with van der Waals surface area (Å²) in [7, 11) is 1.67. The molecular formula is C39H46FN3O5. The Morgan fingerprint density at radius 1 is 1.00 bits per heavy atom. The summed E-state index contributed by atoms with van der Waals surface area (Å²) in [6.07, 6.45) is 4.58. The molecule has 1 aliphatic heterocycles. The maximum absolute atomic E-state index is 15.4. The Morgan fingerprint density at radius 3 is 2.48 bits per heavy atom. The van der Waals surface area contributed by atoms with Gasteiger partial charge in [-0.15, -0.1) is 0 Å². The number of amides is 2. The van der Waals surface area contributed by atoms with Crippen molar-refractivity contribution < 1.29 is 28.6 Å². The number of hydrogen-bond donors (Lipinski definition) is 1. The van der Waals surface area contributed by atoms with Crippen LogP contribution in [0.25, 0.3) is 22.0 Å². The lowest BCUT2D eigenvalue weighted by atomic mass is 9.78. The molecule has 2 heterocycles. The van der Waals surface area contributed by atoms with E-state index in [1.165, 1.54) is 6.07 Å². The number of aromatic hydroxyl groups is 1. The molecule has 3 aromatic carbocycles. The lowest BCUT2D eigenvalue weighted by Gasteiger charge is -2.40. The number of aromatic nitrogens is 1. The van der Waals surface area contributed by atoms with Crippen LogP contribution in [0.5, 0.6) is 5.75 Å². The molecule has 2 amide bonds. The zero-order valence-corrected chi connectivity index (χ0v) is 28.3. The third-order valence-electron chi connectivity index (χ3n) is 9.35. The summed E-state index contributed by atoms with van der Waals surface area (Å²) < 4.78 is 28.5. The molecule has 1 aliphatic carbocycles. The number of fused-ring (bicyclic) bond motifs is 1. The average Bonchev–Trinajstić information content (AvgIpc) is 3.84. The molecule has 4 aromatic rings. The second-order valence-corrected chi connectivity index (χ2v) is 14.1. The van der Waals surface area contributed by atoms with Crippen LogP contribution in [0, 0.1) is 11.7 Å². The van der Waals surface area contributed by atoms with Crippen LogP contribution < -0.4 is 0 Å². The highest BCUT2D eigenvalue weighted by Gasteiger charge is 2.43. The maximum Gasteiger partial charge on any atom is 0.410 e. The number of phenolic OH excluding ortho intramolecular Hbond substituents is 1. The van der Waals surface area contributed by atoms with Crippen molar-refractivity contribution in [2.24, 2.45) is 5.92 Å². The Kier molecular flexibility index (Phi) is 9.78. The molecule has 6 rings (SSSR count). The van der Waals surface area contributed by atoms with Crippen LogP contribution in [0.1, 0.15) is 63.5 Å². The van der Waals surface area contributed by atoms with Crippen molar-refractivity contribution in [3.63, 3.8) is 0 Å². The number of piperidine rings is 1. The van der Waals surface area contributed by atoms with Gasteiger partial charge in [-0.05, 0) is 98.9 Å². The zero-order chi connectivity index (χ0) is 34.0. The van der Waals surface area contributed by atoms with Crippen molar-refractivity contribution in [1.82, 2.24) is 14.4 Å². The van der Waals surface area contributed by atoms with Crippen LogP contribution in [-0.4, -0.2) is 69.9 Å². The number of methoxy groups -OCH3 is 1. The molecule has 2 fully saturated rings. The summed E-state index contributed by atoms with van der Waals surface area (Å²) in [4.78, 5) is 31.7. The van der Waals surface area contributed by atoms with Crippen molar-refractivity contribution in [3.8, 4) is 16.9 Å². The minimum absolute atomic E-state index is 0.0396. The van der Waals surface area contributed by atoms with Crippen molar-refractivity contribution in [2.75, 3.05) is 26.8 Å². The Labute approximate surface area is 282 Å². The SMILES string of the molecule is COCCCn1cc(CN(C(=O)[C@H]2CN(C(=O)OC(C)(C)C)CC[C@@H]2c2cc(O)cc(-c3ccccc3)c2)C2CC2)c2c(F)cccc21. The van der Waals surface area contributed by atoms with E-state index in [2.05, 4.69) is 0 Å². The molecule has 48 heavy (non-hydrogen) atoms. The molecule has 9 heteroatoms. The van der Waals surface area contributed by atoms with Gasteiger partial charge in [0, 0.05) is 57.5 Å². The Balaban J connectivity index is 1.36. The first-order valence-corrected chi connectivity index (χ1v) is 17.0. The molecule has 1 aromatic heterocycles. The highest BCUT2D eigenvalue weighted by Crippen LogP contribution is 2.41.